The summed E-state index contributed by atoms with van der Waals surface area (Å²) in [6.45, 7) is 6.08. The van der Waals surface area contributed by atoms with Crippen LogP contribution in [0.4, 0.5) is 5.69 Å². The smallest absolute Gasteiger partial charge is 0.244 e. The molecule has 1 spiro atoms. The van der Waals surface area contributed by atoms with Crippen molar-refractivity contribution < 1.29 is 19.5 Å². The Hall–Kier alpha value is -2.06. The summed E-state index contributed by atoms with van der Waals surface area (Å²) in [5.41, 5.74) is 0.712. The number of benzene rings is 1. The molecular weight excluding hydrogens is 486 g/mol. The molecule has 8 heteroatoms. The van der Waals surface area contributed by atoms with Gasteiger partial charge in [-0.1, -0.05) is 58.2 Å². The van der Waals surface area contributed by atoms with Gasteiger partial charge >= 0.3 is 0 Å². The Morgan fingerprint density at radius 3 is 2.49 bits per heavy atom. The largest absolute Gasteiger partial charge is 0.394 e. The van der Waals surface area contributed by atoms with Crippen LogP contribution in [0.1, 0.15) is 65.7 Å². The average Bonchev–Trinajstić information content (AvgIpc) is 3.47. The summed E-state index contributed by atoms with van der Waals surface area (Å²) in [5.74, 6) is -1.09. The number of nitrogens with zero attached hydrogens (tertiary/aromatic N) is 1. The van der Waals surface area contributed by atoms with Crippen molar-refractivity contribution >= 4 is 35.2 Å². The van der Waals surface area contributed by atoms with Gasteiger partial charge in [-0.15, -0.1) is 11.8 Å². The molecule has 202 valence electrons. The van der Waals surface area contributed by atoms with Crippen LogP contribution in [0.5, 0.6) is 0 Å². The van der Waals surface area contributed by atoms with Crippen LogP contribution in [-0.2, 0) is 14.4 Å². The lowest BCUT2D eigenvalue weighted by Crippen LogP contribution is -2.59. The van der Waals surface area contributed by atoms with Gasteiger partial charge in [-0.05, 0) is 49.7 Å². The number of aliphatic hydroxyl groups excluding tert-OH is 1. The number of carbonyl (C=O) groups is 3. The number of fused-ring (bicyclic) bond motifs is 1. The minimum absolute atomic E-state index is 0.00234. The number of thioether (sulfide) groups is 1. The Labute approximate surface area is 224 Å². The highest BCUT2D eigenvalue weighted by Gasteiger charge is 2.76. The van der Waals surface area contributed by atoms with E-state index >= 15 is 0 Å². The van der Waals surface area contributed by atoms with Gasteiger partial charge in [0.25, 0.3) is 0 Å². The quantitative estimate of drug-likeness (QED) is 0.478. The fraction of sp³-hybridized carbons (Fsp3) is 0.690. The monoisotopic (exact) mass is 527 g/mol. The molecule has 0 aromatic heterocycles. The summed E-state index contributed by atoms with van der Waals surface area (Å²) in [7, 11) is 0. The molecule has 3 saturated heterocycles. The lowest BCUT2D eigenvalue weighted by Gasteiger charge is -2.41. The van der Waals surface area contributed by atoms with Gasteiger partial charge in [-0.3, -0.25) is 14.4 Å². The zero-order valence-corrected chi connectivity index (χ0v) is 23.0. The summed E-state index contributed by atoms with van der Waals surface area (Å²) in [6.07, 6.45) is 6.75. The predicted molar refractivity (Wildman–Crippen MR) is 146 cm³/mol. The zero-order valence-electron chi connectivity index (χ0n) is 22.2. The second-order valence-electron chi connectivity index (χ2n) is 12.0. The molecule has 3 N–H and O–H groups in total. The van der Waals surface area contributed by atoms with Gasteiger partial charge in [-0.2, -0.15) is 0 Å². The van der Waals surface area contributed by atoms with E-state index in [9.17, 15) is 19.5 Å². The normalized spacial score (nSPS) is 34.0. The minimum atomic E-state index is -0.678. The summed E-state index contributed by atoms with van der Waals surface area (Å²) >= 11 is 1.69. The highest BCUT2D eigenvalue weighted by Crippen LogP contribution is 2.69. The molecule has 0 radical (unpaired) electrons. The van der Waals surface area contributed by atoms with Gasteiger partial charge in [-0.25, -0.2) is 0 Å². The van der Waals surface area contributed by atoms with Crippen LogP contribution >= 0.6 is 11.8 Å². The number of nitrogens with one attached hydrogen (secondary N) is 2. The van der Waals surface area contributed by atoms with Gasteiger partial charge < -0.3 is 20.6 Å². The Balaban J connectivity index is 1.51. The maximum Gasteiger partial charge on any atom is 0.244 e. The maximum atomic E-state index is 14.3. The van der Waals surface area contributed by atoms with Crippen LogP contribution in [0.15, 0.2) is 30.3 Å². The highest BCUT2D eigenvalue weighted by atomic mass is 32.2. The number of carbonyl (C=O) groups excluding carboxylic acids is 3. The molecule has 4 aliphatic rings. The van der Waals surface area contributed by atoms with E-state index < -0.39 is 28.7 Å². The first-order valence-electron chi connectivity index (χ1n) is 14.0. The molecule has 5 rings (SSSR count). The minimum Gasteiger partial charge on any atom is -0.394 e. The van der Waals surface area contributed by atoms with E-state index in [4.69, 9.17) is 0 Å². The van der Waals surface area contributed by atoms with Crippen molar-refractivity contribution in [2.45, 2.75) is 93.8 Å². The molecular formula is C29H41N3O4S. The van der Waals surface area contributed by atoms with Gasteiger partial charge in [0, 0.05) is 17.0 Å². The topological polar surface area (TPSA) is 98.7 Å². The maximum absolute atomic E-state index is 14.3. The summed E-state index contributed by atoms with van der Waals surface area (Å²) < 4.78 is -0.663. The Kier molecular flexibility index (Phi) is 7.60. The molecule has 7 nitrogen and oxygen atoms in total. The molecule has 3 heterocycles. The number of rotatable bonds is 8. The number of para-hydroxylation sites is 1. The number of hydrogen-bond acceptors (Lipinski definition) is 5. The number of anilines is 1. The molecule has 1 aromatic rings. The Bertz CT molecular complexity index is 1010. The molecule has 7 atom stereocenters. The standard InChI is InChI=1S/C29H41N3O4S/c1-17(2)14-21(16-33)32-25(27(35)31-20-12-8-5-9-13-20)29-18(3)15-22(37-29)23(24(29)28(32)36)26(34)30-19-10-6-4-7-11-19/h4,6-7,10-11,17-18,20-25,33H,5,8-9,12-16H2,1-3H3,(H,30,34)(H,31,35)/t18?,21-,22+,23-,24+,25?,29?/m1/s1. The molecule has 37 heavy (non-hydrogen) atoms. The van der Waals surface area contributed by atoms with Crippen molar-refractivity contribution in [2.75, 3.05) is 11.9 Å². The SMILES string of the molecule is CC(C)C[C@H](CO)N1C(=O)[C@@H]2[C@H](C(=O)Nc3ccccc3)[C@@H]3CC(C)C2(S3)C1C(=O)NC1CCCCC1. The van der Waals surface area contributed by atoms with E-state index in [0.29, 0.717) is 12.1 Å². The van der Waals surface area contributed by atoms with E-state index in [2.05, 4.69) is 31.4 Å². The van der Waals surface area contributed by atoms with Crippen LogP contribution in [0.2, 0.25) is 0 Å². The molecule has 2 bridgehead atoms. The first-order chi connectivity index (χ1) is 17.8. The van der Waals surface area contributed by atoms with Crippen molar-refractivity contribution in [1.82, 2.24) is 10.2 Å². The third kappa shape index (κ3) is 4.58. The summed E-state index contributed by atoms with van der Waals surface area (Å²) in [4.78, 5) is 43.8. The van der Waals surface area contributed by atoms with E-state index in [-0.39, 0.29) is 47.5 Å². The third-order valence-electron chi connectivity index (χ3n) is 9.07. The lowest BCUT2D eigenvalue weighted by molar-refractivity contribution is -0.142. The first kappa shape index (κ1) is 26.5. The van der Waals surface area contributed by atoms with Crippen molar-refractivity contribution in [1.29, 1.82) is 0 Å². The van der Waals surface area contributed by atoms with E-state index in [1.807, 2.05) is 30.3 Å². The van der Waals surface area contributed by atoms with Crippen LogP contribution in [-0.4, -0.2) is 62.5 Å². The summed E-state index contributed by atoms with van der Waals surface area (Å²) in [5, 5.41) is 16.8. The fourth-order valence-electron chi connectivity index (χ4n) is 7.55. The third-order valence-corrected chi connectivity index (χ3v) is 11.2. The van der Waals surface area contributed by atoms with Crippen molar-refractivity contribution in [2.24, 2.45) is 23.7 Å². The molecule has 1 saturated carbocycles. The second-order valence-corrected chi connectivity index (χ2v) is 13.5. The fourth-order valence-corrected chi connectivity index (χ4v) is 9.96. The van der Waals surface area contributed by atoms with E-state index in [1.165, 1.54) is 6.42 Å². The van der Waals surface area contributed by atoms with Gasteiger partial charge in [0.2, 0.25) is 17.7 Å². The number of amides is 3. The number of hydrogen-bond donors (Lipinski definition) is 3. The Morgan fingerprint density at radius 1 is 1.14 bits per heavy atom. The van der Waals surface area contributed by atoms with E-state index in [1.54, 1.807) is 16.7 Å². The molecule has 3 amide bonds. The van der Waals surface area contributed by atoms with Crippen LogP contribution in [0.25, 0.3) is 0 Å². The molecule has 1 aliphatic carbocycles. The first-order valence-corrected chi connectivity index (χ1v) is 14.9. The molecule has 1 aromatic carbocycles. The number of likely N-dealkylation sites (tertiary alicyclic amines) is 1. The van der Waals surface area contributed by atoms with Crippen molar-refractivity contribution in [3.8, 4) is 0 Å². The highest BCUT2D eigenvalue weighted by molar-refractivity contribution is 8.02. The van der Waals surface area contributed by atoms with Gasteiger partial charge in [0.15, 0.2) is 0 Å². The molecule has 4 fully saturated rings. The second kappa shape index (κ2) is 10.6. The van der Waals surface area contributed by atoms with Crippen molar-refractivity contribution in [3.05, 3.63) is 30.3 Å². The zero-order chi connectivity index (χ0) is 26.3. The van der Waals surface area contributed by atoms with Gasteiger partial charge in [0.05, 0.1) is 29.2 Å². The Morgan fingerprint density at radius 2 is 1.84 bits per heavy atom. The predicted octanol–water partition coefficient (Wildman–Crippen LogP) is 3.82. The summed E-state index contributed by atoms with van der Waals surface area (Å²) in [6, 6.07) is 8.36. The number of aliphatic hydroxyl groups is 1. The molecule has 3 unspecified atom stereocenters. The van der Waals surface area contributed by atoms with Crippen LogP contribution < -0.4 is 10.6 Å². The van der Waals surface area contributed by atoms with E-state index in [0.717, 1.165) is 32.1 Å². The lowest BCUT2D eigenvalue weighted by atomic mass is 9.65. The van der Waals surface area contributed by atoms with Gasteiger partial charge in [0.1, 0.15) is 6.04 Å². The van der Waals surface area contributed by atoms with Crippen LogP contribution in [0, 0.1) is 23.7 Å². The molecule has 3 aliphatic heterocycles. The van der Waals surface area contributed by atoms with Crippen LogP contribution in [0.3, 0.4) is 0 Å². The average molecular weight is 528 g/mol. The van der Waals surface area contributed by atoms with Crippen molar-refractivity contribution in [3.63, 3.8) is 0 Å².